The Bertz CT molecular complexity index is 480. The Labute approximate surface area is 125 Å². The first-order chi connectivity index (χ1) is 10.1. The number of nitrogens with one attached hydrogen (secondary N) is 1. The number of amides is 1. The molecule has 5 heteroatoms. The molecule has 1 aliphatic rings. The number of anilines is 1. The van der Waals surface area contributed by atoms with E-state index in [9.17, 15) is 9.18 Å². The summed E-state index contributed by atoms with van der Waals surface area (Å²) in [5.41, 5.74) is 0. The topological polar surface area (TPSA) is 45.2 Å². The highest BCUT2D eigenvalue weighted by Gasteiger charge is 2.27. The van der Waals surface area contributed by atoms with Crippen LogP contribution in [0.5, 0.6) is 0 Å². The summed E-state index contributed by atoms with van der Waals surface area (Å²) in [7, 11) is 0. The molecule has 2 atom stereocenters. The summed E-state index contributed by atoms with van der Waals surface area (Å²) in [6.07, 6.45) is 3.87. The minimum atomic E-state index is -0.476. The van der Waals surface area contributed by atoms with Crippen molar-refractivity contribution in [2.75, 3.05) is 18.0 Å². The van der Waals surface area contributed by atoms with E-state index in [-0.39, 0.29) is 17.9 Å². The number of pyridine rings is 1. The van der Waals surface area contributed by atoms with Crippen LogP contribution in [0.3, 0.4) is 0 Å². The van der Waals surface area contributed by atoms with Crippen molar-refractivity contribution in [3.8, 4) is 0 Å². The second kappa shape index (κ2) is 7.38. The van der Waals surface area contributed by atoms with Crippen LogP contribution < -0.4 is 10.2 Å². The maximum absolute atomic E-state index is 13.2. The van der Waals surface area contributed by atoms with Crippen molar-refractivity contribution in [2.24, 2.45) is 5.92 Å². The van der Waals surface area contributed by atoms with Crippen LogP contribution in [0.25, 0.3) is 0 Å². The molecule has 21 heavy (non-hydrogen) atoms. The first-order valence-electron chi connectivity index (χ1n) is 7.78. The maximum Gasteiger partial charge on any atom is 0.225 e. The summed E-state index contributed by atoms with van der Waals surface area (Å²) in [4.78, 5) is 18.2. The van der Waals surface area contributed by atoms with Gasteiger partial charge in [0.15, 0.2) is 0 Å². The monoisotopic (exact) mass is 293 g/mol. The molecule has 0 bridgehead atoms. The van der Waals surface area contributed by atoms with E-state index >= 15 is 0 Å². The number of rotatable bonds is 5. The third-order valence-electron chi connectivity index (χ3n) is 3.93. The number of aromatic nitrogens is 1. The molecular weight excluding hydrogens is 269 g/mol. The van der Waals surface area contributed by atoms with Gasteiger partial charge in [-0.1, -0.05) is 19.4 Å². The number of nitrogens with zero attached hydrogens (tertiary/aromatic N) is 2. The second-order valence-corrected chi connectivity index (χ2v) is 5.80. The van der Waals surface area contributed by atoms with Gasteiger partial charge in [0.25, 0.3) is 0 Å². The van der Waals surface area contributed by atoms with Crippen LogP contribution in [-0.4, -0.2) is 30.0 Å². The lowest BCUT2D eigenvalue weighted by atomic mass is 9.96. The number of hydrogen-bond donors (Lipinski definition) is 1. The molecule has 0 aliphatic carbocycles. The minimum absolute atomic E-state index is 0.0388. The van der Waals surface area contributed by atoms with Gasteiger partial charge in [0.2, 0.25) is 11.9 Å². The van der Waals surface area contributed by atoms with Gasteiger partial charge in [0, 0.05) is 19.1 Å². The molecule has 1 aliphatic heterocycles. The van der Waals surface area contributed by atoms with Crippen molar-refractivity contribution in [1.29, 1.82) is 0 Å². The predicted molar refractivity (Wildman–Crippen MR) is 81.6 cm³/mol. The number of carbonyl (C=O) groups is 1. The molecule has 0 radical (unpaired) electrons. The van der Waals surface area contributed by atoms with E-state index in [1.165, 1.54) is 6.07 Å². The van der Waals surface area contributed by atoms with Crippen LogP contribution in [-0.2, 0) is 4.79 Å². The average molecular weight is 293 g/mol. The molecule has 0 spiro atoms. The molecule has 0 saturated carbocycles. The predicted octanol–water partition coefficient (Wildman–Crippen LogP) is 2.74. The number of halogens is 1. The summed E-state index contributed by atoms with van der Waals surface area (Å²) >= 11 is 0. The van der Waals surface area contributed by atoms with Crippen LogP contribution in [0.15, 0.2) is 18.2 Å². The van der Waals surface area contributed by atoms with Crippen molar-refractivity contribution in [3.05, 3.63) is 24.1 Å². The van der Waals surface area contributed by atoms with Crippen molar-refractivity contribution in [2.45, 2.75) is 45.6 Å². The van der Waals surface area contributed by atoms with Crippen LogP contribution in [0, 0.1) is 11.9 Å². The zero-order valence-corrected chi connectivity index (χ0v) is 12.8. The average Bonchev–Trinajstić information content (AvgIpc) is 2.47. The molecule has 1 aromatic rings. The van der Waals surface area contributed by atoms with Gasteiger partial charge < -0.3 is 10.2 Å². The van der Waals surface area contributed by atoms with Gasteiger partial charge in [-0.3, -0.25) is 4.79 Å². The van der Waals surface area contributed by atoms with E-state index in [2.05, 4.69) is 17.2 Å². The first kappa shape index (κ1) is 15.7. The van der Waals surface area contributed by atoms with E-state index in [4.69, 9.17) is 0 Å². The molecule has 4 nitrogen and oxygen atoms in total. The molecule has 1 saturated heterocycles. The lowest BCUT2D eigenvalue weighted by molar-refractivity contribution is -0.125. The van der Waals surface area contributed by atoms with Crippen molar-refractivity contribution in [1.82, 2.24) is 10.3 Å². The van der Waals surface area contributed by atoms with E-state index in [0.29, 0.717) is 12.4 Å². The summed E-state index contributed by atoms with van der Waals surface area (Å²) < 4.78 is 13.2. The van der Waals surface area contributed by atoms with E-state index in [1.807, 2.05) is 11.8 Å². The van der Waals surface area contributed by atoms with E-state index < -0.39 is 5.95 Å². The zero-order chi connectivity index (χ0) is 15.2. The molecule has 1 fully saturated rings. The molecular formula is C16H24FN3O. The number of carbonyl (C=O) groups excluding carboxylic acids is 1. The Morgan fingerprint density at radius 3 is 3.10 bits per heavy atom. The Morgan fingerprint density at radius 1 is 1.57 bits per heavy atom. The van der Waals surface area contributed by atoms with Gasteiger partial charge in [-0.2, -0.15) is 4.39 Å². The van der Waals surface area contributed by atoms with Crippen LogP contribution in [0.2, 0.25) is 0 Å². The third-order valence-corrected chi connectivity index (χ3v) is 3.93. The highest BCUT2D eigenvalue weighted by molar-refractivity contribution is 5.79. The normalized spacial score (nSPS) is 20.1. The molecule has 116 valence electrons. The highest BCUT2D eigenvalue weighted by atomic mass is 19.1. The van der Waals surface area contributed by atoms with E-state index in [0.717, 1.165) is 32.2 Å². The Morgan fingerprint density at radius 2 is 2.38 bits per heavy atom. The highest BCUT2D eigenvalue weighted by Crippen LogP contribution is 2.22. The Hall–Kier alpha value is -1.65. The van der Waals surface area contributed by atoms with Gasteiger partial charge in [-0.05, 0) is 38.3 Å². The molecule has 1 amide bonds. The maximum atomic E-state index is 13.2. The smallest absolute Gasteiger partial charge is 0.225 e. The Balaban J connectivity index is 1.95. The fraction of sp³-hybridized carbons (Fsp3) is 0.625. The van der Waals surface area contributed by atoms with Crippen molar-refractivity contribution >= 4 is 11.7 Å². The van der Waals surface area contributed by atoms with Crippen molar-refractivity contribution < 1.29 is 9.18 Å². The molecule has 2 unspecified atom stereocenters. The standard InChI is InChI=1S/C16H24FN3O/c1-3-6-12(2)18-16(21)13-7-5-10-20(11-13)15-9-4-8-14(17)19-15/h4,8-9,12-13H,3,5-7,10-11H2,1-2H3,(H,18,21). The quantitative estimate of drug-likeness (QED) is 0.849. The zero-order valence-electron chi connectivity index (χ0n) is 12.8. The summed E-state index contributed by atoms with van der Waals surface area (Å²) in [6, 6.07) is 5.00. The summed E-state index contributed by atoms with van der Waals surface area (Å²) in [5.74, 6) is 0.213. The minimum Gasteiger partial charge on any atom is -0.356 e. The molecule has 1 aromatic heterocycles. The lowest BCUT2D eigenvalue weighted by Crippen LogP contribution is -2.45. The molecule has 2 rings (SSSR count). The molecule has 0 aromatic carbocycles. The van der Waals surface area contributed by atoms with Gasteiger partial charge in [-0.15, -0.1) is 0 Å². The van der Waals surface area contributed by atoms with Crippen molar-refractivity contribution in [3.63, 3.8) is 0 Å². The van der Waals surface area contributed by atoms with Gasteiger partial charge >= 0.3 is 0 Å². The third kappa shape index (κ3) is 4.41. The second-order valence-electron chi connectivity index (χ2n) is 5.80. The number of hydrogen-bond acceptors (Lipinski definition) is 3. The number of piperidine rings is 1. The fourth-order valence-electron chi connectivity index (χ4n) is 2.84. The molecule has 1 N–H and O–H groups in total. The molecule has 2 heterocycles. The summed E-state index contributed by atoms with van der Waals surface area (Å²) in [6.45, 7) is 5.59. The van der Waals surface area contributed by atoms with Gasteiger partial charge in [0.05, 0.1) is 5.92 Å². The Kier molecular flexibility index (Phi) is 5.53. The largest absolute Gasteiger partial charge is 0.356 e. The fourth-order valence-corrected chi connectivity index (χ4v) is 2.84. The van der Waals surface area contributed by atoms with E-state index in [1.54, 1.807) is 12.1 Å². The van der Waals surface area contributed by atoms with Crippen LogP contribution in [0.1, 0.15) is 39.5 Å². The van der Waals surface area contributed by atoms with Crippen LogP contribution >= 0.6 is 0 Å². The lowest BCUT2D eigenvalue weighted by Gasteiger charge is -2.33. The summed E-state index contributed by atoms with van der Waals surface area (Å²) in [5, 5.41) is 3.07. The van der Waals surface area contributed by atoms with Crippen LogP contribution in [0.4, 0.5) is 10.2 Å². The SMILES string of the molecule is CCCC(C)NC(=O)C1CCCN(c2cccc(F)n2)C1. The van der Waals surface area contributed by atoms with Gasteiger partial charge in [-0.25, -0.2) is 4.98 Å². The van der Waals surface area contributed by atoms with Gasteiger partial charge in [0.1, 0.15) is 5.82 Å². The first-order valence-corrected chi connectivity index (χ1v) is 7.78.